The molecule has 6 heteroatoms. The van der Waals surface area contributed by atoms with Crippen LogP contribution in [0.1, 0.15) is 46.0 Å². The lowest BCUT2D eigenvalue weighted by atomic mass is 9.51. The maximum Gasteiger partial charge on any atom is 0.410 e. The monoisotopic (exact) mass is 427 g/mol. The number of nitrogens with zero attached hydrogens (tertiary/aromatic N) is 1. The molecule has 4 aliphatic carbocycles. The third kappa shape index (κ3) is 3.47. The molecule has 0 radical (unpaired) electrons. The van der Waals surface area contributed by atoms with Crippen molar-refractivity contribution in [2.45, 2.75) is 52.1 Å². The zero-order valence-electron chi connectivity index (χ0n) is 18.5. The molecular formula is C25H33NO5. The third-order valence-corrected chi connectivity index (χ3v) is 8.83. The lowest BCUT2D eigenvalue weighted by molar-refractivity contribution is -0.132. The van der Waals surface area contributed by atoms with Crippen molar-refractivity contribution in [2.24, 2.45) is 35.0 Å². The first-order valence-electron chi connectivity index (χ1n) is 11.8. The Labute approximate surface area is 184 Å². The Morgan fingerprint density at radius 2 is 1.97 bits per heavy atom. The predicted octanol–water partition coefficient (Wildman–Crippen LogP) is 3.56. The Morgan fingerprint density at radius 3 is 2.71 bits per heavy atom. The van der Waals surface area contributed by atoms with Crippen LogP contribution < -0.4 is 0 Å². The summed E-state index contributed by atoms with van der Waals surface area (Å²) in [7, 11) is 0. The van der Waals surface area contributed by atoms with E-state index in [1.807, 2.05) is 0 Å². The van der Waals surface area contributed by atoms with E-state index in [9.17, 15) is 14.4 Å². The third-order valence-electron chi connectivity index (χ3n) is 8.83. The SMILES string of the molecule is CC(=O)[C@H]1CCC2[C@@H]3C=CC4=CC(=O)CCC4[C@@H]3[C@@H](OC(=O)N3CCOCC3)C[C@@]21C. The average Bonchev–Trinajstić information content (AvgIpc) is 3.10. The second kappa shape index (κ2) is 7.88. The van der Waals surface area contributed by atoms with E-state index in [-0.39, 0.29) is 52.9 Å². The Morgan fingerprint density at radius 1 is 1.19 bits per heavy atom. The second-order valence-electron chi connectivity index (χ2n) is 10.3. The molecule has 0 spiro atoms. The number of morpholine rings is 1. The van der Waals surface area contributed by atoms with Gasteiger partial charge in [0.15, 0.2) is 5.78 Å². The number of rotatable bonds is 2. The van der Waals surface area contributed by atoms with Gasteiger partial charge in [0.2, 0.25) is 0 Å². The summed E-state index contributed by atoms with van der Waals surface area (Å²) < 4.78 is 11.6. The molecule has 0 bridgehead atoms. The van der Waals surface area contributed by atoms with Crippen LogP contribution in [0.5, 0.6) is 0 Å². The van der Waals surface area contributed by atoms with Crippen LogP contribution in [-0.2, 0) is 19.1 Å². The summed E-state index contributed by atoms with van der Waals surface area (Å²) in [6.07, 6.45) is 9.75. The normalized spacial score (nSPS) is 41.7. The molecule has 0 aromatic heterocycles. The van der Waals surface area contributed by atoms with Crippen LogP contribution in [0.4, 0.5) is 4.79 Å². The maximum atomic E-state index is 13.1. The maximum absolute atomic E-state index is 13.1. The van der Waals surface area contributed by atoms with E-state index in [1.54, 1.807) is 17.9 Å². The number of Topliss-reactive ketones (excluding diaryl/α,β-unsaturated/α-hetero) is 1. The van der Waals surface area contributed by atoms with E-state index in [0.29, 0.717) is 38.6 Å². The molecule has 168 valence electrons. The molecule has 0 N–H and O–H groups in total. The Balaban J connectivity index is 1.49. The highest BCUT2D eigenvalue weighted by molar-refractivity contribution is 5.92. The number of fused-ring (bicyclic) bond motifs is 5. The first kappa shape index (κ1) is 20.9. The highest BCUT2D eigenvalue weighted by Crippen LogP contribution is 2.63. The van der Waals surface area contributed by atoms with Gasteiger partial charge < -0.3 is 14.4 Å². The molecule has 1 amide bonds. The lowest BCUT2D eigenvalue weighted by Crippen LogP contribution is -2.54. The van der Waals surface area contributed by atoms with Gasteiger partial charge in [-0.3, -0.25) is 9.59 Å². The van der Waals surface area contributed by atoms with Crippen molar-refractivity contribution in [3.8, 4) is 0 Å². The molecule has 31 heavy (non-hydrogen) atoms. The van der Waals surface area contributed by atoms with Gasteiger partial charge in [0, 0.05) is 31.3 Å². The van der Waals surface area contributed by atoms with Crippen LogP contribution in [0.25, 0.3) is 0 Å². The number of hydrogen-bond acceptors (Lipinski definition) is 5. The van der Waals surface area contributed by atoms with Crippen molar-refractivity contribution in [1.82, 2.24) is 4.90 Å². The largest absolute Gasteiger partial charge is 0.446 e. The zero-order valence-corrected chi connectivity index (χ0v) is 18.5. The van der Waals surface area contributed by atoms with Crippen molar-refractivity contribution >= 4 is 17.7 Å². The fourth-order valence-electron chi connectivity index (χ4n) is 7.44. The minimum absolute atomic E-state index is 0.0290. The first-order chi connectivity index (χ1) is 14.9. The minimum Gasteiger partial charge on any atom is -0.446 e. The molecule has 5 aliphatic rings. The highest BCUT2D eigenvalue weighted by Gasteiger charge is 2.60. The van der Waals surface area contributed by atoms with Crippen molar-refractivity contribution in [2.75, 3.05) is 26.3 Å². The van der Waals surface area contributed by atoms with E-state index >= 15 is 0 Å². The second-order valence-corrected chi connectivity index (χ2v) is 10.3. The number of hydrogen-bond donors (Lipinski definition) is 0. The fraction of sp³-hybridized carbons (Fsp3) is 0.720. The fourth-order valence-corrected chi connectivity index (χ4v) is 7.44. The standard InChI is InChI=1S/C25H33NO5/c1-15(27)20-7-8-21-19-5-3-16-13-17(28)4-6-18(16)23(19)22(14-25(20,21)2)31-24(29)26-9-11-30-12-10-26/h3,5,13,18-23H,4,6-12,14H2,1-2H3/t18?,19-,20+,21?,22-,23-,25+/m0/s1. The van der Waals surface area contributed by atoms with Crippen LogP contribution >= 0.6 is 0 Å². The summed E-state index contributed by atoms with van der Waals surface area (Å²) in [4.78, 5) is 39.4. The Bertz CT molecular complexity index is 841. The highest BCUT2D eigenvalue weighted by atomic mass is 16.6. The molecule has 1 heterocycles. The minimum atomic E-state index is -0.265. The molecule has 6 nitrogen and oxygen atoms in total. The van der Waals surface area contributed by atoms with Crippen molar-refractivity contribution in [3.63, 3.8) is 0 Å². The van der Waals surface area contributed by atoms with Crippen LogP contribution in [0.2, 0.25) is 0 Å². The van der Waals surface area contributed by atoms with Crippen molar-refractivity contribution in [3.05, 3.63) is 23.8 Å². The summed E-state index contributed by atoms with van der Waals surface area (Å²) in [5.74, 6) is 1.59. The van der Waals surface area contributed by atoms with Gasteiger partial charge in [-0.05, 0) is 67.4 Å². The number of carbonyl (C=O) groups excluding carboxylic acids is 3. The smallest absolute Gasteiger partial charge is 0.410 e. The summed E-state index contributed by atoms with van der Waals surface area (Å²) in [6, 6.07) is 0. The van der Waals surface area contributed by atoms with Crippen LogP contribution in [0.3, 0.4) is 0 Å². The van der Waals surface area contributed by atoms with Gasteiger partial charge in [-0.2, -0.15) is 0 Å². The van der Waals surface area contributed by atoms with Gasteiger partial charge in [-0.25, -0.2) is 4.79 Å². The van der Waals surface area contributed by atoms with E-state index in [2.05, 4.69) is 19.1 Å². The Hall–Kier alpha value is -1.95. The predicted molar refractivity (Wildman–Crippen MR) is 114 cm³/mol. The van der Waals surface area contributed by atoms with Crippen molar-refractivity contribution in [1.29, 1.82) is 0 Å². The molecule has 3 fully saturated rings. The van der Waals surface area contributed by atoms with Crippen LogP contribution in [0.15, 0.2) is 23.8 Å². The number of carbonyl (C=O) groups is 3. The molecule has 0 aromatic carbocycles. The van der Waals surface area contributed by atoms with E-state index in [4.69, 9.17) is 9.47 Å². The van der Waals surface area contributed by atoms with E-state index < -0.39 is 0 Å². The molecular weight excluding hydrogens is 394 g/mol. The van der Waals surface area contributed by atoms with Gasteiger partial charge in [-0.15, -0.1) is 0 Å². The van der Waals surface area contributed by atoms with Gasteiger partial charge in [0.1, 0.15) is 11.9 Å². The number of ether oxygens (including phenoxy) is 2. The summed E-state index contributed by atoms with van der Waals surface area (Å²) in [6.45, 7) is 6.14. The van der Waals surface area contributed by atoms with Gasteiger partial charge >= 0.3 is 6.09 Å². The first-order valence-corrected chi connectivity index (χ1v) is 11.8. The topological polar surface area (TPSA) is 72.9 Å². The molecule has 1 saturated heterocycles. The van der Waals surface area contributed by atoms with Gasteiger partial charge in [0.25, 0.3) is 0 Å². The number of allylic oxidation sites excluding steroid dienone is 4. The zero-order chi connectivity index (χ0) is 21.8. The van der Waals surface area contributed by atoms with Crippen LogP contribution in [0, 0.1) is 35.0 Å². The van der Waals surface area contributed by atoms with Crippen molar-refractivity contribution < 1.29 is 23.9 Å². The molecule has 2 unspecified atom stereocenters. The van der Waals surface area contributed by atoms with E-state index in [1.165, 1.54) is 0 Å². The number of amides is 1. The Kier molecular flexibility index (Phi) is 5.32. The molecule has 5 rings (SSSR count). The van der Waals surface area contributed by atoms with Crippen LogP contribution in [-0.4, -0.2) is 55.0 Å². The quantitative estimate of drug-likeness (QED) is 0.674. The van der Waals surface area contributed by atoms with E-state index in [0.717, 1.165) is 31.3 Å². The lowest BCUT2D eigenvalue weighted by Gasteiger charge is -2.54. The average molecular weight is 428 g/mol. The number of ketones is 2. The summed E-state index contributed by atoms with van der Waals surface area (Å²) >= 11 is 0. The molecule has 0 aromatic rings. The summed E-state index contributed by atoms with van der Waals surface area (Å²) in [5.41, 5.74) is 0.938. The molecule has 1 aliphatic heterocycles. The molecule has 7 atom stereocenters. The van der Waals surface area contributed by atoms with Gasteiger partial charge in [0.05, 0.1) is 13.2 Å². The molecule has 2 saturated carbocycles. The summed E-state index contributed by atoms with van der Waals surface area (Å²) in [5, 5.41) is 0. The van der Waals surface area contributed by atoms with Gasteiger partial charge in [-0.1, -0.05) is 19.1 Å².